The molecule has 2 aromatic heterocycles. The molecule has 3 heterocycles. The number of nitrogens with zero attached hydrogens (tertiary/aromatic N) is 3. The summed E-state index contributed by atoms with van der Waals surface area (Å²) < 4.78 is 0. The second-order valence-corrected chi connectivity index (χ2v) is 8.26. The maximum Gasteiger partial charge on any atom is 0.254 e. The van der Waals surface area contributed by atoms with Gasteiger partial charge in [-0.15, -0.1) is 0 Å². The molecule has 1 fully saturated rings. The molecule has 0 amide bonds. The first-order valence-electron chi connectivity index (χ1n) is 9.64. The van der Waals surface area contributed by atoms with Crippen LogP contribution in [0.1, 0.15) is 29.7 Å². The van der Waals surface area contributed by atoms with Crippen LogP contribution in [0.4, 0.5) is 0 Å². The van der Waals surface area contributed by atoms with Gasteiger partial charge < -0.3 is 4.98 Å². The van der Waals surface area contributed by atoms with Gasteiger partial charge in [0.1, 0.15) is 5.82 Å². The lowest BCUT2D eigenvalue weighted by atomic mass is 9.94. The smallest absolute Gasteiger partial charge is 0.254 e. The monoisotopic (exact) mass is 392 g/mol. The van der Waals surface area contributed by atoms with Crippen LogP contribution in [-0.4, -0.2) is 32.9 Å². The molecule has 1 saturated carbocycles. The van der Waals surface area contributed by atoms with Crippen LogP contribution in [-0.2, 0) is 18.4 Å². The van der Waals surface area contributed by atoms with Crippen LogP contribution in [0.5, 0.6) is 0 Å². The van der Waals surface area contributed by atoms with E-state index in [9.17, 15) is 4.79 Å². The van der Waals surface area contributed by atoms with Crippen molar-refractivity contribution in [1.29, 1.82) is 0 Å². The van der Waals surface area contributed by atoms with E-state index in [-0.39, 0.29) is 11.0 Å². The van der Waals surface area contributed by atoms with E-state index in [0.29, 0.717) is 12.4 Å². The Morgan fingerprint density at radius 3 is 2.57 bits per heavy atom. The van der Waals surface area contributed by atoms with E-state index in [1.165, 1.54) is 18.4 Å². The van der Waals surface area contributed by atoms with Gasteiger partial charge in [0.2, 0.25) is 0 Å². The van der Waals surface area contributed by atoms with Gasteiger partial charge in [-0.05, 0) is 49.1 Å². The van der Waals surface area contributed by atoms with E-state index in [1.54, 1.807) is 12.4 Å². The minimum absolute atomic E-state index is 0.0182. The lowest BCUT2D eigenvalue weighted by Crippen LogP contribution is -2.39. The molecule has 0 unspecified atom stereocenters. The number of H-pyrrole nitrogens is 1. The van der Waals surface area contributed by atoms with Gasteiger partial charge in [-0.25, -0.2) is 4.98 Å². The normalized spacial score (nSPS) is 17.9. The summed E-state index contributed by atoms with van der Waals surface area (Å²) in [7, 11) is 0. The zero-order valence-electron chi connectivity index (χ0n) is 15.5. The van der Waals surface area contributed by atoms with Crippen molar-refractivity contribution in [3.05, 3.63) is 81.0 Å². The van der Waals surface area contributed by atoms with Gasteiger partial charge in [-0.3, -0.25) is 14.7 Å². The van der Waals surface area contributed by atoms with E-state index >= 15 is 0 Å². The number of nitrogens with one attached hydrogen (secondary N) is 1. The van der Waals surface area contributed by atoms with E-state index < -0.39 is 0 Å². The Bertz CT molecular complexity index is 1060. The third-order valence-electron chi connectivity index (χ3n) is 5.94. The highest BCUT2D eigenvalue weighted by Crippen LogP contribution is 2.49. The van der Waals surface area contributed by atoms with Crippen LogP contribution in [0.15, 0.2) is 53.6 Å². The molecule has 2 aliphatic rings. The first kappa shape index (κ1) is 17.6. The van der Waals surface area contributed by atoms with E-state index in [2.05, 4.69) is 27.0 Å². The van der Waals surface area contributed by atoms with Gasteiger partial charge in [-0.1, -0.05) is 23.7 Å². The standard InChI is InChI=1S/C22H21ClN4O/c23-17-3-1-16(2-4-17)22(8-9-22)14-27-12-7-18-19(13-27)25-20(26-21(18)28)15-5-10-24-11-6-15/h1-6,10-11H,7-9,12-14H2,(H,25,26,28). The van der Waals surface area contributed by atoms with E-state index in [0.717, 1.165) is 41.4 Å². The molecule has 1 aromatic carbocycles. The van der Waals surface area contributed by atoms with Crippen LogP contribution in [0, 0.1) is 0 Å². The zero-order chi connectivity index (χ0) is 19.1. The van der Waals surface area contributed by atoms with Crippen molar-refractivity contribution < 1.29 is 0 Å². The molecule has 0 spiro atoms. The van der Waals surface area contributed by atoms with Gasteiger partial charge in [0, 0.05) is 53.6 Å². The van der Waals surface area contributed by atoms with Crippen molar-refractivity contribution >= 4 is 11.6 Å². The maximum absolute atomic E-state index is 12.6. The van der Waals surface area contributed by atoms with Crippen molar-refractivity contribution in [3.63, 3.8) is 0 Å². The first-order valence-corrected chi connectivity index (χ1v) is 10.0. The number of rotatable bonds is 4. The average molecular weight is 393 g/mol. The average Bonchev–Trinajstić information content (AvgIpc) is 3.49. The molecular formula is C22H21ClN4O. The molecule has 0 radical (unpaired) electrons. The molecule has 6 heteroatoms. The minimum Gasteiger partial charge on any atom is -0.306 e. The number of aromatic nitrogens is 3. The fourth-order valence-electron chi connectivity index (χ4n) is 4.20. The van der Waals surface area contributed by atoms with Crippen molar-refractivity contribution in [1.82, 2.24) is 19.9 Å². The summed E-state index contributed by atoms with van der Waals surface area (Å²) in [5, 5.41) is 0.776. The number of hydrogen-bond acceptors (Lipinski definition) is 4. The molecule has 0 bridgehead atoms. The predicted octanol–water partition coefficient (Wildman–Crippen LogP) is 3.58. The van der Waals surface area contributed by atoms with Crippen molar-refractivity contribution in [2.24, 2.45) is 0 Å². The summed E-state index contributed by atoms with van der Waals surface area (Å²) in [6, 6.07) is 12.0. The zero-order valence-corrected chi connectivity index (χ0v) is 16.2. The summed E-state index contributed by atoms with van der Waals surface area (Å²) >= 11 is 6.06. The Balaban J connectivity index is 1.40. The molecule has 142 valence electrons. The molecule has 1 aliphatic carbocycles. The molecule has 28 heavy (non-hydrogen) atoms. The molecule has 5 rings (SSSR count). The van der Waals surface area contributed by atoms with Crippen molar-refractivity contribution in [2.75, 3.05) is 13.1 Å². The van der Waals surface area contributed by atoms with Crippen LogP contribution >= 0.6 is 11.6 Å². The topological polar surface area (TPSA) is 61.9 Å². The Morgan fingerprint density at radius 2 is 1.86 bits per heavy atom. The number of fused-ring (bicyclic) bond motifs is 1. The van der Waals surface area contributed by atoms with Gasteiger partial charge in [0.25, 0.3) is 5.56 Å². The summed E-state index contributed by atoms with van der Waals surface area (Å²) in [6.45, 7) is 2.60. The molecule has 0 saturated heterocycles. The van der Waals surface area contributed by atoms with Crippen LogP contribution in [0.2, 0.25) is 5.02 Å². The quantitative estimate of drug-likeness (QED) is 0.737. The van der Waals surface area contributed by atoms with Crippen LogP contribution in [0.3, 0.4) is 0 Å². The van der Waals surface area contributed by atoms with Gasteiger partial charge in [0.15, 0.2) is 0 Å². The number of benzene rings is 1. The number of hydrogen-bond donors (Lipinski definition) is 1. The third kappa shape index (κ3) is 3.25. The molecule has 3 aromatic rings. The summed E-state index contributed by atoms with van der Waals surface area (Å²) in [5.41, 5.74) is 4.16. The molecule has 0 atom stereocenters. The van der Waals surface area contributed by atoms with E-state index in [1.807, 2.05) is 24.3 Å². The summed E-state index contributed by atoms with van der Waals surface area (Å²) in [5.74, 6) is 0.617. The number of pyridine rings is 1. The van der Waals surface area contributed by atoms with Crippen LogP contribution < -0.4 is 5.56 Å². The Hall–Kier alpha value is -2.50. The first-order chi connectivity index (χ1) is 13.6. The summed E-state index contributed by atoms with van der Waals surface area (Å²) in [6.07, 6.45) is 6.56. The molecule has 1 aliphatic heterocycles. The predicted molar refractivity (Wildman–Crippen MR) is 109 cm³/mol. The fraction of sp³-hybridized carbons (Fsp3) is 0.318. The second-order valence-electron chi connectivity index (χ2n) is 7.82. The third-order valence-corrected chi connectivity index (χ3v) is 6.19. The fourth-order valence-corrected chi connectivity index (χ4v) is 4.32. The lowest BCUT2D eigenvalue weighted by molar-refractivity contribution is 0.226. The maximum atomic E-state index is 12.6. The Labute approximate surface area is 168 Å². The Morgan fingerprint density at radius 1 is 1.11 bits per heavy atom. The number of halogens is 1. The second kappa shape index (κ2) is 6.83. The van der Waals surface area contributed by atoms with Gasteiger partial charge in [-0.2, -0.15) is 0 Å². The lowest BCUT2D eigenvalue weighted by Gasteiger charge is -2.31. The summed E-state index contributed by atoms with van der Waals surface area (Å²) in [4.78, 5) is 26.8. The SMILES string of the molecule is O=c1[nH]c(-c2ccncc2)nc2c1CCN(CC1(c3ccc(Cl)cc3)CC1)C2. The highest BCUT2D eigenvalue weighted by Gasteiger charge is 2.45. The minimum atomic E-state index is -0.0182. The Kier molecular flexibility index (Phi) is 4.29. The van der Waals surface area contributed by atoms with Crippen LogP contribution in [0.25, 0.3) is 11.4 Å². The molecular weight excluding hydrogens is 372 g/mol. The number of aromatic amines is 1. The largest absolute Gasteiger partial charge is 0.306 e. The molecule has 1 N–H and O–H groups in total. The highest BCUT2D eigenvalue weighted by molar-refractivity contribution is 6.30. The molecule has 5 nitrogen and oxygen atoms in total. The van der Waals surface area contributed by atoms with Gasteiger partial charge >= 0.3 is 0 Å². The highest BCUT2D eigenvalue weighted by atomic mass is 35.5. The van der Waals surface area contributed by atoms with Crippen molar-refractivity contribution in [2.45, 2.75) is 31.2 Å². The van der Waals surface area contributed by atoms with E-state index in [4.69, 9.17) is 16.6 Å². The van der Waals surface area contributed by atoms with Gasteiger partial charge in [0.05, 0.1) is 5.69 Å². The van der Waals surface area contributed by atoms with Crippen molar-refractivity contribution in [3.8, 4) is 11.4 Å².